The molecule has 134 valence electrons. The normalized spacial score (nSPS) is 11.0. The van der Waals surface area contributed by atoms with Crippen LogP contribution in [0.3, 0.4) is 0 Å². The molecule has 2 aromatic rings. The first-order chi connectivity index (χ1) is 11.7. The Labute approximate surface area is 150 Å². The highest BCUT2D eigenvalue weighted by molar-refractivity contribution is 7.92. The van der Waals surface area contributed by atoms with Crippen LogP contribution in [0.15, 0.2) is 42.5 Å². The Bertz CT molecular complexity index is 872. The first kappa shape index (κ1) is 19.0. The highest BCUT2D eigenvalue weighted by Crippen LogP contribution is 2.27. The van der Waals surface area contributed by atoms with Gasteiger partial charge in [0, 0.05) is 12.1 Å². The number of benzene rings is 2. The Morgan fingerprint density at radius 1 is 1.24 bits per heavy atom. The predicted molar refractivity (Wildman–Crippen MR) is 95.2 cm³/mol. The van der Waals surface area contributed by atoms with Crippen molar-refractivity contribution < 1.29 is 22.3 Å². The van der Waals surface area contributed by atoms with E-state index in [0.29, 0.717) is 10.8 Å². The van der Waals surface area contributed by atoms with Gasteiger partial charge in [0.1, 0.15) is 11.6 Å². The van der Waals surface area contributed by atoms with Gasteiger partial charge in [-0.1, -0.05) is 11.6 Å². The molecule has 0 aliphatic heterocycles. The second-order valence-electron chi connectivity index (χ2n) is 5.18. The molecule has 0 aliphatic rings. The lowest BCUT2D eigenvalue weighted by Gasteiger charge is -2.20. The average molecular weight is 387 g/mol. The van der Waals surface area contributed by atoms with Crippen molar-refractivity contribution in [2.75, 3.05) is 29.5 Å². The van der Waals surface area contributed by atoms with E-state index >= 15 is 0 Å². The van der Waals surface area contributed by atoms with Crippen molar-refractivity contribution in [2.24, 2.45) is 0 Å². The van der Waals surface area contributed by atoms with Crippen molar-refractivity contribution in [3.63, 3.8) is 0 Å². The van der Waals surface area contributed by atoms with Crippen molar-refractivity contribution >= 4 is 38.9 Å². The molecular formula is C16H16ClFN2O4S. The standard InChI is InChI=1S/C16H16ClFN2O4S/c1-20(25(2,22)23)15-8-5-12(18)9-14(15)19-16(21)10-24-13-6-3-11(17)4-7-13/h3-9H,10H2,1-2H3,(H,19,21). The summed E-state index contributed by atoms with van der Waals surface area (Å²) in [6.45, 7) is -0.333. The molecule has 0 aliphatic carbocycles. The summed E-state index contributed by atoms with van der Waals surface area (Å²) in [5.41, 5.74) is 0.168. The number of carbonyl (C=O) groups is 1. The smallest absolute Gasteiger partial charge is 0.262 e. The van der Waals surface area contributed by atoms with Gasteiger partial charge < -0.3 is 10.1 Å². The summed E-state index contributed by atoms with van der Waals surface area (Å²) < 4.78 is 43.1. The van der Waals surface area contributed by atoms with Crippen LogP contribution in [0.5, 0.6) is 5.75 Å². The molecule has 9 heteroatoms. The molecule has 0 fully saturated rings. The van der Waals surface area contributed by atoms with Crippen molar-refractivity contribution in [1.82, 2.24) is 0 Å². The van der Waals surface area contributed by atoms with E-state index in [4.69, 9.17) is 16.3 Å². The lowest BCUT2D eigenvalue weighted by atomic mass is 10.2. The predicted octanol–water partition coefficient (Wildman–Crippen LogP) is 2.89. The number of ether oxygens (including phenoxy) is 1. The summed E-state index contributed by atoms with van der Waals surface area (Å²) in [4.78, 5) is 12.0. The van der Waals surface area contributed by atoms with Gasteiger partial charge in [0.2, 0.25) is 10.0 Å². The SMILES string of the molecule is CN(c1ccc(F)cc1NC(=O)COc1ccc(Cl)cc1)S(C)(=O)=O. The molecule has 0 saturated carbocycles. The van der Waals surface area contributed by atoms with Crippen LogP contribution in [-0.2, 0) is 14.8 Å². The van der Waals surface area contributed by atoms with Crippen molar-refractivity contribution in [2.45, 2.75) is 0 Å². The summed E-state index contributed by atoms with van der Waals surface area (Å²) in [6, 6.07) is 9.84. The molecule has 0 unspecified atom stereocenters. The molecule has 0 spiro atoms. The van der Waals surface area contributed by atoms with Gasteiger partial charge in [0.05, 0.1) is 17.6 Å². The van der Waals surface area contributed by atoms with Gasteiger partial charge in [0.15, 0.2) is 6.61 Å². The van der Waals surface area contributed by atoms with Crippen LogP contribution in [0.4, 0.5) is 15.8 Å². The Kier molecular flexibility index (Phi) is 5.86. The van der Waals surface area contributed by atoms with Crippen LogP contribution in [0.1, 0.15) is 0 Å². The molecule has 2 rings (SSSR count). The zero-order chi connectivity index (χ0) is 18.6. The molecule has 0 radical (unpaired) electrons. The highest BCUT2D eigenvalue weighted by Gasteiger charge is 2.18. The number of nitrogens with one attached hydrogen (secondary N) is 1. The third-order valence-corrected chi connectivity index (χ3v) is 4.70. The number of anilines is 2. The Balaban J connectivity index is 2.11. The molecule has 1 amide bonds. The number of nitrogens with zero attached hydrogens (tertiary/aromatic N) is 1. The van der Waals surface area contributed by atoms with E-state index < -0.39 is 21.7 Å². The number of amides is 1. The molecule has 25 heavy (non-hydrogen) atoms. The number of hydrogen-bond donors (Lipinski definition) is 1. The maximum Gasteiger partial charge on any atom is 0.262 e. The van der Waals surface area contributed by atoms with Gasteiger partial charge in [-0.15, -0.1) is 0 Å². The second-order valence-corrected chi connectivity index (χ2v) is 7.63. The molecule has 2 aromatic carbocycles. The van der Waals surface area contributed by atoms with Crippen LogP contribution in [-0.4, -0.2) is 34.2 Å². The summed E-state index contributed by atoms with van der Waals surface area (Å²) in [7, 11) is -2.26. The van der Waals surface area contributed by atoms with Crippen molar-refractivity contribution in [3.8, 4) is 5.75 Å². The lowest BCUT2D eigenvalue weighted by molar-refractivity contribution is -0.118. The van der Waals surface area contributed by atoms with Gasteiger partial charge >= 0.3 is 0 Å². The minimum atomic E-state index is -3.57. The van der Waals surface area contributed by atoms with Crippen LogP contribution in [0.25, 0.3) is 0 Å². The lowest BCUT2D eigenvalue weighted by Crippen LogP contribution is -2.27. The number of carbonyl (C=O) groups excluding carboxylic acids is 1. The average Bonchev–Trinajstić information content (AvgIpc) is 2.53. The first-order valence-corrected chi connectivity index (χ1v) is 9.31. The molecule has 0 atom stereocenters. The summed E-state index contributed by atoms with van der Waals surface area (Å²) in [5.74, 6) is -0.740. The third kappa shape index (κ3) is 5.33. The van der Waals surface area contributed by atoms with Crippen molar-refractivity contribution in [1.29, 1.82) is 0 Å². The fourth-order valence-electron chi connectivity index (χ4n) is 1.93. The molecule has 0 aromatic heterocycles. The van der Waals surface area contributed by atoms with Gasteiger partial charge in [-0.25, -0.2) is 12.8 Å². The van der Waals surface area contributed by atoms with E-state index in [1.807, 2.05) is 0 Å². The van der Waals surface area contributed by atoms with E-state index in [1.54, 1.807) is 24.3 Å². The fraction of sp³-hybridized carbons (Fsp3) is 0.188. The van der Waals surface area contributed by atoms with E-state index in [2.05, 4.69) is 5.32 Å². The fourth-order valence-corrected chi connectivity index (χ4v) is 2.57. The Morgan fingerprint density at radius 2 is 1.88 bits per heavy atom. The maximum atomic E-state index is 13.5. The van der Waals surface area contributed by atoms with Crippen LogP contribution in [0.2, 0.25) is 5.02 Å². The van der Waals surface area contributed by atoms with E-state index in [-0.39, 0.29) is 18.0 Å². The number of hydrogen-bond acceptors (Lipinski definition) is 4. The van der Waals surface area contributed by atoms with Crippen molar-refractivity contribution in [3.05, 3.63) is 53.3 Å². The zero-order valence-corrected chi connectivity index (χ0v) is 15.1. The van der Waals surface area contributed by atoms with Gasteiger partial charge in [-0.2, -0.15) is 0 Å². The molecule has 1 N–H and O–H groups in total. The van der Waals surface area contributed by atoms with Crippen LogP contribution in [0, 0.1) is 5.82 Å². The topological polar surface area (TPSA) is 75.7 Å². The Hall–Kier alpha value is -2.32. The number of sulfonamides is 1. The zero-order valence-electron chi connectivity index (χ0n) is 13.5. The minimum absolute atomic E-state index is 0.0256. The van der Waals surface area contributed by atoms with E-state index in [1.165, 1.54) is 13.1 Å². The molecule has 6 nitrogen and oxygen atoms in total. The first-order valence-electron chi connectivity index (χ1n) is 7.08. The maximum absolute atomic E-state index is 13.5. The molecule has 0 saturated heterocycles. The monoisotopic (exact) mass is 386 g/mol. The largest absolute Gasteiger partial charge is 0.484 e. The third-order valence-electron chi connectivity index (χ3n) is 3.25. The minimum Gasteiger partial charge on any atom is -0.484 e. The van der Waals surface area contributed by atoms with Crippen LogP contribution < -0.4 is 14.4 Å². The van der Waals surface area contributed by atoms with Gasteiger partial charge in [0.25, 0.3) is 5.91 Å². The van der Waals surface area contributed by atoms with Gasteiger partial charge in [-0.05, 0) is 42.5 Å². The van der Waals surface area contributed by atoms with Crippen LogP contribution >= 0.6 is 11.6 Å². The number of rotatable bonds is 6. The van der Waals surface area contributed by atoms with Gasteiger partial charge in [-0.3, -0.25) is 9.10 Å². The van der Waals surface area contributed by atoms with E-state index in [0.717, 1.165) is 22.7 Å². The second kappa shape index (κ2) is 7.71. The quantitative estimate of drug-likeness (QED) is 0.828. The Morgan fingerprint density at radius 3 is 2.48 bits per heavy atom. The summed E-state index contributed by atoms with van der Waals surface area (Å²) in [6.07, 6.45) is 1.01. The van der Waals surface area contributed by atoms with E-state index in [9.17, 15) is 17.6 Å². The molecule has 0 bridgehead atoms. The summed E-state index contributed by atoms with van der Waals surface area (Å²) in [5, 5.41) is 2.98. The number of halogens is 2. The molecular weight excluding hydrogens is 371 g/mol. The summed E-state index contributed by atoms with van der Waals surface area (Å²) >= 11 is 5.76. The molecule has 0 heterocycles. The highest BCUT2D eigenvalue weighted by atomic mass is 35.5.